The maximum Gasteiger partial charge on any atom is 0.270 e. The predicted octanol–water partition coefficient (Wildman–Crippen LogP) is 2.75. The molecule has 0 bridgehead atoms. The lowest BCUT2D eigenvalue weighted by molar-refractivity contribution is 0.0945. The van der Waals surface area contributed by atoms with Gasteiger partial charge in [-0.1, -0.05) is 18.2 Å². The fourth-order valence-electron chi connectivity index (χ4n) is 2.67. The predicted molar refractivity (Wildman–Crippen MR) is 84.7 cm³/mol. The highest BCUT2D eigenvalue weighted by atomic mass is 16.1. The van der Waals surface area contributed by atoms with Crippen LogP contribution in [0.25, 0.3) is 16.6 Å². The third-order valence-corrected chi connectivity index (χ3v) is 3.77. The summed E-state index contributed by atoms with van der Waals surface area (Å²) >= 11 is 0. The summed E-state index contributed by atoms with van der Waals surface area (Å²) in [4.78, 5) is 19.8. The Morgan fingerprint density at radius 3 is 3.09 bits per heavy atom. The number of hydrogen-bond acceptors (Lipinski definition) is 2. The lowest BCUT2D eigenvalue weighted by atomic mass is 10.1. The van der Waals surface area contributed by atoms with Gasteiger partial charge in [0.05, 0.1) is 6.20 Å². The number of hydrogen-bond donors (Lipinski definition) is 2. The number of nitrogens with one attached hydrogen (secondary N) is 2. The van der Waals surface area contributed by atoms with E-state index >= 15 is 0 Å². The Labute approximate surface area is 126 Å². The molecule has 2 N–H and O–H groups in total. The van der Waals surface area contributed by atoms with Gasteiger partial charge in [-0.25, -0.2) is 4.98 Å². The molecule has 0 unspecified atom stereocenters. The molecule has 0 atom stereocenters. The monoisotopic (exact) mass is 290 g/mol. The minimum Gasteiger partial charge on any atom is -0.361 e. The average Bonchev–Trinajstić information content (AvgIpc) is 3.19. The maximum atomic E-state index is 12.4. The standard InChI is InChI=1S/C17H14N4O/c22-17(15-11-19-16-6-1-2-9-21(15)16)20-10-12-4-3-5-14-13(12)7-8-18-14/h1-9,11,18H,10H2,(H,20,22). The molecule has 0 radical (unpaired) electrons. The van der Waals surface area contributed by atoms with Crippen LogP contribution in [0.5, 0.6) is 0 Å². The molecule has 3 heterocycles. The molecule has 0 aliphatic carbocycles. The smallest absolute Gasteiger partial charge is 0.270 e. The summed E-state index contributed by atoms with van der Waals surface area (Å²) in [5, 5.41) is 4.09. The molecule has 1 amide bonds. The van der Waals surface area contributed by atoms with Crippen LogP contribution in [0.1, 0.15) is 16.1 Å². The van der Waals surface area contributed by atoms with Gasteiger partial charge in [0.1, 0.15) is 11.3 Å². The van der Waals surface area contributed by atoms with Crippen molar-refractivity contribution in [3.05, 3.63) is 72.3 Å². The summed E-state index contributed by atoms with van der Waals surface area (Å²) in [7, 11) is 0. The van der Waals surface area contributed by atoms with Gasteiger partial charge in [0, 0.05) is 29.8 Å². The van der Waals surface area contributed by atoms with E-state index in [0.717, 1.165) is 22.1 Å². The molecule has 0 saturated carbocycles. The van der Waals surface area contributed by atoms with Crippen LogP contribution in [0.15, 0.2) is 61.1 Å². The van der Waals surface area contributed by atoms with Gasteiger partial charge in [-0.05, 0) is 29.8 Å². The molecule has 0 saturated heterocycles. The minimum absolute atomic E-state index is 0.133. The molecule has 4 rings (SSSR count). The molecule has 5 heteroatoms. The van der Waals surface area contributed by atoms with Crippen molar-refractivity contribution in [2.45, 2.75) is 6.54 Å². The Kier molecular flexibility index (Phi) is 2.89. The molecular formula is C17H14N4O. The van der Waals surface area contributed by atoms with Crippen LogP contribution in [0.3, 0.4) is 0 Å². The molecule has 0 fully saturated rings. The van der Waals surface area contributed by atoms with Crippen molar-refractivity contribution in [1.29, 1.82) is 0 Å². The second-order valence-electron chi connectivity index (χ2n) is 5.11. The number of aromatic nitrogens is 3. The molecule has 3 aromatic heterocycles. The normalized spacial score (nSPS) is 11.1. The summed E-state index contributed by atoms with van der Waals surface area (Å²) < 4.78 is 1.78. The van der Waals surface area contributed by atoms with Gasteiger partial charge in [-0.3, -0.25) is 9.20 Å². The zero-order valence-electron chi connectivity index (χ0n) is 11.8. The SMILES string of the molecule is O=C(NCc1cccc2[nH]ccc12)c1cnc2ccccn12. The van der Waals surface area contributed by atoms with E-state index in [1.54, 1.807) is 10.6 Å². The van der Waals surface area contributed by atoms with Crippen LogP contribution < -0.4 is 5.32 Å². The van der Waals surface area contributed by atoms with E-state index in [-0.39, 0.29) is 5.91 Å². The van der Waals surface area contributed by atoms with E-state index in [4.69, 9.17) is 0 Å². The first-order valence-corrected chi connectivity index (χ1v) is 7.08. The zero-order chi connectivity index (χ0) is 14.9. The highest BCUT2D eigenvalue weighted by Crippen LogP contribution is 2.17. The van der Waals surface area contributed by atoms with Crippen LogP contribution in [0, 0.1) is 0 Å². The van der Waals surface area contributed by atoms with Crippen LogP contribution in [0.4, 0.5) is 0 Å². The van der Waals surface area contributed by atoms with E-state index in [1.165, 1.54) is 0 Å². The highest BCUT2D eigenvalue weighted by molar-refractivity contribution is 5.93. The maximum absolute atomic E-state index is 12.4. The van der Waals surface area contributed by atoms with Crippen molar-refractivity contribution in [1.82, 2.24) is 19.7 Å². The zero-order valence-corrected chi connectivity index (χ0v) is 11.8. The number of rotatable bonds is 3. The van der Waals surface area contributed by atoms with Crippen molar-refractivity contribution in [2.75, 3.05) is 0 Å². The van der Waals surface area contributed by atoms with Gasteiger partial charge in [0.25, 0.3) is 5.91 Å². The first-order valence-electron chi connectivity index (χ1n) is 7.08. The van der Waals surface area contributed by atoms with Crippen molar-refractivity contribution in [2.24, 2.45) is 0 Å². The number of fused-ring (bicyclic) bond motifs is 2. The first-order chi connectivity index (χ1) is 10.8. The van der Waals surface area contributed by atoms with Crippen LogP contribution >= 0.6 is 0 Å². The lowest BCUT2D eigenvalue weighted by Gasteiger charge is -2.06. The number of pyridine rings is 1. The Morgan fingerprint density at radius 1 is 1.18 bits per heavy atom. The van der Waals surface area contributed by atoms with Crippen LogP contribution in [-0.4, -0.2) is 20.3 Å². The van der Waals surface area contributed by atoms with Gasteiger partial charge in [-0.15, -0.1) is 0 Å². The van der Waals surface area contributed by atoms with Gasteiger partial charge >= 0.3 is 0 Å². The molecular weight excluding hydrogens is 276 g/mol. The molecule has 108 valence electrons. The van der Waals surface area contributed by atoms with Crippen LogP contribution in [0.2, 0.25) is 0 Å². The second kappa shape index (κ2) is 5.04. The number of benzene rings is 1. The second-order valence-corrected chi connectivity index (χ2v) is 5.11. The molecule has 5 nitrogen and oxygen atoms in total. The van der Waals surface area contributed by atoms with Crippen molar-refractivity contribution in [3.63, 3.8) is 0 Å². The molecule has 0 spiro atoms. The largest absolute Gasteiger partial charge is 0.361 e. The van der Waals surface area contributed by atoms with E-state index < -0.39 is 0 Å². The lowest BCUT2D eigenvalue weighted by Crippen LogP contribution is -2.24. The summed E-state index contributed by atoms with van der Waals surface area (Å²) in [5.41, 5.74) is 3.46. The summed E-state index contributed by atoms with van der Waals surface area (Å²) in [6.45, 7) is 0.480. The number of carbonyl (C=O) groups is 1. The van der Waals surface area contributed by atoms with Gasteiger partial charge in [0.2, 0.25) is 0 Å². The topological polar surface area (TPSA) is 62.2 Å². The molecule has 1 aromatic carbocycles. The molecule has 22 heavy (non-hydrogen) atoms. The summed E-state index contributed by atoms with van der Waals surface area (Å²) in [6.07, 6.45) is 5.34. The van der Waals surface area contributed by atoms with Gasteiger partial charge in [0.15, 0.2) is 0 Å². The Hall–Kier alpha value is -3.08. The third-order valence-electron chi connectivity index (χ3n) is 3.77. The first kappa shape index (κ1) is 12.6. The average molecular weight is 290 g/mol. The fourth-order valence-corrected chi connectivity index (χ4v) is 2.67. The van der Waals surface area contributed by atoms with Crippen LogP contribution in [-0.2, 0) is 6.54 Å². The summed E-state index contributed by atoms with van der Waals surface area (Å²) in [5.74, 6) is -0.133. The van der Waals surface area contributed by atoms with Crippen molar-refractivity contribution >= 4 is 22.5 Å². The number of imidazole rings is 1. The highest BCUT2D eigenvalue weighted by Gasteiger charge is 2.11. The number of carbonyl (C=O) groups excluding carboxylic acids is 1. The Bertz CT molecular complexity index is 967. The molecule has 0 aliphatic heterocycles. The number of H-pyrrole nitrogens is 1. The number of amides is 1. The van der Waals surface area contributed by atoms with Crippen molar-refractivity contribution in [3.8, 4) is 0 Å². The third kappa shape index (κ3) is 2.03. The number of aromatic amines is 1. The number of nitrogens with zero attached hydrogens (tertiary/aromatic N) is 2. The van der Waals surface area contributed by atoms with Gasteiger partial charge in [-0.2, -0.15) is 0 Å². The van der Waals surface area contributed by atoms with E-state index in [1.807, 2.05) is 54.9 Å². The molecule has 0 aliphatic rings. The van der Waals surface area contributed by atoms with Gasteiger partial charge < -0.3 is 10.3 Å². The quantitative estimate of drug-likeness (QED) is 0.609. The van der Waals surface area contributed by atoms with E-state index in [9.17, 15) is 4.79 Å². The fraction of sp³-hybridized carbons (Fsp3) is 0.0588. The minimum atomic E-state index is -0.133. The van der Waals surface area contributed by atoms with E-state index in [2.05, 4.69) is 15.3 Å². The summed E-state index contributed by atoms with van der Waals surface area (Å²) in [6, 6.07) is 13.7. The Balaban J connectivity index is 1.59. The Morgan fingerprint density at radius 2 is 2.14 bits per heavy atom. The van der Waals surface area contributed by atoms with E-state index in [0.29, 0.717) is 12.2 Å². The molecule has 4 aromatic rings. The van der Waals surface area contributed by atoms with Crippen molar-refractivity contribution < 1.29 is 4.79 Å².